The number of nitro benzene ring substituents is 1. The molecule has 1 N–H and O–H groups in total. The number of nitriles is 1. The van der Waals surface area contributed by atoms with Crippen molar-refractivity contribution in [2.75, 3.05) is 0 Å². The van der Waals surface area contributed by atoms with E-state index in [1.165, 1.54) is 24.4 Å². The third-order valence-electron chi connectivity index (χ3n) is 2.81. The molecule has 0 amide bonds. The van der Waals surface area contributed by atoms with E-state index in [1.807, 2.05) is 6.07 Å². The molecule has 0 bridgehead atoms. The summed E-state index contributed by atoms with van der Waals surface area (Å²) in [5.74, 6) is 0.329. The first kappa shape index (κ1) is 14.4. The van der Waals surface area contributed by atoms with Crippen LogP contribution in [0.15, 0.2) is 36.5 Å². The van der Waals surface area contributed by atoms with Crippen LogP contribution in [0.5, 0.6) is 5.75 Å². The van der Waals surface area contributed by atoms with Gasteiger partial charge in [0.1, 0.15) is 24.1 Å². The molecule has 0 aliphatic rings. The van der Waals surface area contributed by atoms with Crippen LogP contribution in [0.2, 0.25) is 0 Å². The molecule has 1 heterocycles. The molecule has 1 aromatic carbocycles. The summed E-state index contributed by atoms with van der Waals surface area (Å²) in [6.45, 7) is -0.295. The number of pyridine rings is 1. The van der Waals surface area contributed by atoms with Gasteiger partial charge < -0.3 is 9.84 Å². The van der Waals surface area contributed by atoms with Crippen LogP contribution in [0.4, 0.5) is 5.69 Å². The summed E-state index contributed by atoms with van der Waals surface area (Å²) in [5.41, 5.74) is 1.05. The lowest BCUT2D eigenvalue weighted by Crippen LogP contribution is -2.02. The van der Waals surface area contributed by atoms with Crippen molar-refractivity contribution >= 4 is 5.69 Å². The maximum atomic E-state index is 10.7. The summed E-state index contributed by atoms with van der Waals surface area (Å²) >= 11 is 0. The number of hydrogen-bond donors (Lipinski definition) is 1. The van der Waals surface area contributed by atoms with E-state index in [9.17, 15) is 15.2 Å². The highest BCUT2D eigenvalue weighted by Gasteiger charge is 2.12. The lowest BCUT2D eigenvalue weighted by molar-refractivity contribution is -0.385. The second-order valence-corrected chi connectivity index (χ2v) is 4.12. The standard InChI is InChI=1S/C14H11N3O4/c15-7-13-10(2-1-5-16-13)9-21-14-4-3-12(17(19)20)6-11(14)8-18/h1-6,18H,8-9H2. The zero-order valence-corrected chi connectivity index (χ0v) is 10.9. The Morgan fingerprint density at radius 3 is 2.86 bits per heavy atom. The van der Waals surface area contributed by atoms with Gasteiger partial charge in [0.25, 0.3) is 5.69 Å². The highest BCUT2D eigenvalue weighted by atomic mass is 16.6. The third kappa shape index (κ3) is 3.32. The molecule has 0 aliphatic carbocycles. The average molecular weight is 285 g/mol. The molecule has 0 atom stereocenters. The van der Waals surface area contributed by atoms with E-state index in [1.54, 1.807) is 12.1 Å². The van der Waals surface area contributed by atoms with Gasteiger partial charge in [-0.05, 0) is 12.1 Å². The molecular weight excluding hydrogens is 274 g/mol. The number of hydrogen-bond acceptors (Lipinski definition) is 6. The first-order valence-corrected chi connectivity index (χ1v) is 6.00. The van der Waals surface area contributed by atoms with Gasteiger partial charge in [-0.15, -0.1) is 0 Å². The molecule has 0 aliphatic heterocycles. The Kier molecular flexibility index (Phi) is 4.43. The molecule has 2 rings (SSSR count). The van der Waals surface area contributed by atoms with Crippen LogP contribution < -0.4 is 4.74 Å². The number of aliphatic hydroxyl groups excluding tert-OH is 1. The number of rotatable bonds is 5. The number of nitrogens with zero attached hydrogens (tertiary/aromatic N) is 3. The molecular formula is C14H11N3O4. The Hall–Kier alpha value is -2.98. The molecule has 106 valence electrons. The smallest absolute Gasteiger partial charge is 0.270 e. The zero-order chi connectivity index (χ0) is 15.2. The molecule has 1 aromatic heterocycles. The van der Waals surface area contributed by atoms with E-state index < -0.39 is 4.92 Å². The minimum atomic E-state index is -0.544. The van der Waals surface area contributed by atoms with Crippen LogP contribution >= 0.6 is 0 Å². The van der Waals surface area contributed by atoms with E-state index in [4.69, 9.17) is 10.00 Å². The molecule has 0 saturated heterocycles. The van der Waals surface area contributed by atoms with Crippen LogP contribution in [0, 0.1) is 21.4 Å². The summed E-state index contributed by atoms with van der Waals surface area (Å²) in [6.07, 6.45) is 1.51. The molecule has 0 unspecified atom stereocenters. The van der Waals surface area contributed by atoms with Gasteiger partial charge in [-0.1, -0.05) is 6.07 Å². The van der Waals surface area contributed by atoms with Gasteiger partial charge in [-0.25, -0.2) is 4.98 Å². The molecule has 2 aromatic rings. The topological polar surface area (TPSA) is 109 Å². The van der Waals surface area contributed by atoms with Gasteiger partial charge in [0.2, 0.25) is 0 Å². The summed E-state index contributed by atoms with van der Waals surface area (Å²) in [7, 11) is 0. The number of aromatic nitrogens is 1. The molecule has 7 heteroatoms. The summed E-state index contributed by atoms with van der Waals surface area (Å²) in [6, 6.07) is 9.31. The quantitative estimate of drug-likeness (QED) is 0.664. The van der Waals surface area contributed by atoms with E-state index >= 15 is 0 Å². The van der Waals surface area contributed by atoms with Crippen molar-refractivity contribution in [2.45, 2.75) is 13.2 Å². The number of aliphatic hydroxyl groups is 1. The molecule has 0 saturated carbocycles. The van der Waals surface area contributed by atoms with Crippen LogP contribution in [0.3, 0.4) is 0 Å². The largest absolute Gasteiger partial charge is 0.488 e. The Morgan fingerprint density at radius 2 is 2.19 bits per heavy atom. The van der Waals surface area contributed by atoms with Crippen molar-refractivity contribution in [2.24, 2.45) is 0 Å². The summed E-state index contributed by atoms with van der Waals surface area (Å²) in [4.78, 5) is 14.0. The maximum absolute atomic E-state index is 10.7. The number of benzene rings is 1. The van der Waals surface area contributed by atoms with E-state index in [-0.39, 0.29) is 24.6 Å². The van der Waals surface area contributed by atoms with Crippen molar-refractivity contribution in [3.63, 3.8) is 0 Å². The normalized spacial score (nSPS) is 9.90. The van der Waals surface area contributed by atoms with Crippen molar-refractivity contribution < 1.29 is 14.8 Å². The molecule has 21 heavy (non-hydrogen) atoms. The maximum Gasteiger partial charge on any atom is 0.270 e. The second kappa shape index (κ2) is 6.45. The monoisotopic (exact) mass is 285 g/mol. The van der Waals surface area contributed by atoms with Crippen molar-refractivity contribution in [3.8, 4) is 11.8 Å². The first-order valence-electron chi connectivity index (χ1n) is 6.00. The van der Waals surface area contributed by atoms with Crippen LogP contribution in [0.1, 0.15) is 16.8 Å². The zero-order valence-electron chi connectivity index (χ0n) is 10.9. The van der Waals surface area contributed by atoms with E-state index in [2.05, 4.69) is 4.98 Å². The predicted molar refractivity (Wildman–Crippen MR) is 72.3 cm³/mol. The molecule has 7 nitrogen and oxygen atoms in total. The Balaban J connectivity index is 2.20. The number of nitro groups is 1. The van der Waals surface area contributed by atoms with Crippen LogP contribution in [-0.2, 0) is 13.2 Å². The van der Waals surface area contributed by atoms with Gasteiger partial charge in [0.15, 0.2) is 0 Å². The Morgan fingerprint density at radius 1 is 1.38 bits per heavy atom. The summed E-state index contributed by atoms with van der Waals surface area (Å²) in [5, 5.41) is 28.9. The molecule has 0 fully saturated rings. The second-order valence-electron chi connectivity index (χ2n) is 4.12. The lowest BCUT2D eigenvalue weighted by Gasteiger charge is -2.10. The number of ether oxygens (including phenoxy) is 1. The highest BCUT2D eigenvalue weighted by Crippen LogP contribution is 2.25. The van der Waals surface area contributed by atoms with Gasteiger partial charge in [-0.2, -0.15) is 5.26 Å². The minimum absolute atomic E-state index is 0.0849. The first-order chi connectivity index (χ1) is 10.2. The fraction of sp³-hybridized carbons (Fsp3) is 0.143. The van der Waals surface area contributed by atoms with Crippen LogP contribution in [-0.4, -0.2) is 15.0 Å². The van der Waals surface area contributed by atoms with Gasteiger partial charge >= 0.3 is 0 Å². The molecule has 0 radical (unpaired) electrons. The fourth-order valence-corrected chi connectivity index (χ4v) is 1.76. The van der Waals surface area contributed by atoms with Crippen molar-refractivity contribution in [1.82, 2.24) is 4.98 Å². The average Bonchev–Trinajstić information content (AvgIpc) is 2.52. The van der Waals surface area contributed by atoms with Gasteiger partial charge in [0.05, 0.1) is 11.5 Å². The van der Waals surface area contributed by atoms with Crippen molar-refractivity contribution in [3.05, 3.63) is 63.5 Å². The van der Waals surface area contributed by atoms with Gasteiger partial charge in [-0.3, -0.25) is 10.1 Å². The number of non-ortho nitro benzene ring substituents is 1. The molecule has 0 spiro atoms. The van der Waals surface area contributed by atoms with Crippen molar-refractivity contribution in [1.29, 1.82) is 5.26 Å². The Bertz CT molecular complexity index is 710. The lowest BCUT2D eigenvalue weighted by atomic mass is 10.2. The minimum Gasteiger partial charge on any atom is -0.488 e. The van der Waals surface area contributed by atoms with E-state index in [0.29, 0.717) is 16.9 Å². The van der Waals surface area contributed by atoms with E-state index in [0.717, 1.165) is 0 Å². The summed E-state index contributed by atoms with van der Waals surface area (Å²) < 4.78 is 5.52. The third-order valence-corrected chi connectivity index (χ3v) is 2.81. The van der Waals surface area contributed by atoms with Crippen LogP contribution in [0.25, 0.3) is 0 Å². The van der Waals surface area contributed by atoms with Gasteiger partial charge in [0, 0.05) is 29.5 Å². The Labute approximate surface area is 120 Å². The predicted octanol–water partition coefficient (Wildman–Crippen LogP) is 1.93. The SMILES string of the molecule is N#Cc1ncccc1COc1ccc([N+](=O)[O-])cc1CO. The fourth-order valence-electron chi connectivity index (χ4n) is 1.76. The highest BCUT2D eigenvalue weighted by molar-refractivity contribution is 5.43.